The summed E-state index contributed by atoms with van der Waals surface area (Å²) in [5.74, 6) is 0.668. The number of para-hydroxylation sites is 1. The molecule has 7 heteroatoms. The van der Waals surface area contributed by atoms with Crippen molar-refractivity contribution in [2.45, 2.75) is 24.7 Å². The summed E-state index contributed by atoms with van der Waals surface area (Å²) in [6.45, 7) is 5.26. The van der Waals surface area contributed by atoms with Gasteiger partial charge in [0.05, 0.1) is 10.2 Å². The highest BCUT2D eigenvalue weighted by atomic mass is 32.2. The quantitative estimate of drug-likeness (QED) is 0.526. The highest BCUT2D eigenvalue weighted by Crippen LogP contribution is 2.31. The summed E-state index contributed by atoms with van der Waals surface area (Å²) in [5, 5.41) is 1.06. The van der Waals surface area contributed by atoms with Crippen LogP contribution in [0.2, 0.25) is 0 Å². The van der Waals surface area contributed by atoms with E-state index in [1.54, 1.807) is 35.2 Å². The number of carbonyl (C=O) groups is 1. The fraction of sp³-hybridized carbons (Fsp3) is 0.364. The molecule has 1 amide bonds. The summed E-state index contributed by atoms with van der Waals surface area (Å²) in [7, 11) is 0. The molecule has 0 atom stereocenters. The van der Waals surface area contributed by atoms with Gasteiger partial charge in [-0.05, 0) is 42.3 Å². The van der Waals surface area contributed by atoms with Gasteiger partial charge in [0.2, 0.25) is 5.91 Å². The van der Waals surface area contributed by atoms with Crippen molar-refractivity contribution in [1.29, 1.82) is 0 Å². The van der Waals surface area contributed by atoms with Crippen LogP contribution in [0.1, 0.15) is 18.9 Å². The number of anilines is 1. The smallest absolute Gasteiger partial charge is 0.223 e. The number of piperazine rings is 1. The zero-order valence-electron chi connectivity index (χ0n) is 16.4. The van der Waals surface area contributed by atoms with E-state index in [2.05, 4.69) is 30.0 Å². The molecule has 0 unspecified atom stereocenters. The average Bonchev–Trinajstić information content (AvgIpc) is 3.19. The van der Waals surface area contributed by atoms with Crippen LogP contribution in [0.4, 0.5) is 9.52 Å². The molecule has 3 aromatic rings. The van der Waals surface area contributed by atoms with Gasteiger partial charge in [-0.3, -0.25) is 4.79 Å². The largest absolute Gasteiger partial charge is 0.345 e. The van der Waals surface area contributed by atoms with Gasteiger partial charge in [0, 0.05) is 43.2 Å². The van der Waals surface area contributed by atoms with Gasteiger partial charge in [-0.2, -0.15) is 0 Å². The number of aryl methyl sites for hydroxylation is 1. The summed E-state index contributed by atoms with van der Waals surface area (Å²) in [5.41, 5.74) is 2.41. The van der Waals surface area contributed by atoms with Crippen LogP contribution in [0.25, 0.3) is 10.2 Å². The van der Waals surface area contributed by atoms with Gasteiger partial charge in [-0.1, -0.05) is 30.4 Å². The van der Waals surface area contributed by atoms with Crippen molar-refractivity contribution in [2.75, 3.05) is 36.8 Å². The van der Waals surface area contributed by atoms with E-state index in [1.165, 1.54) is 22.4 Å². The molecule has 152 valence electrons. The summed E-state index contributed by atoms with van der Waals surface area (Å²) < 4.78 is 14.2. The minimum absolute atomic E-state index is 0.192. The topological polar surface area (TPSA) is 36.4 Å². The number of aromatic nitrogens is 1. The fourth-order valence-corrected chi connectivity index (χ4v) is 5.41. The molecule has 0 N–H and O–H groups in total. The number of hydrogen-bond acceptors (Lipinski definition) is 5. The van der Waals surface area contributed by atoms with Crippen LogP contribution in [-0.4, -0.2) is 47.7 Å². The lowest BCUT2D eigenvalue weighted by molar-refractivity contribution is -0.131. The van der Waals surface area contributed by atoms with Gasteiger partial charge in [-0.15, -0.1) is 11.8 Å². The molecular formula is C22H24FN3OS2. The maximum atomic E-state index is 13.0. The predicted molar refractivity (Wildman–Crippen MR) is 120 cm³/mol. The predicted octanol–water partition coefficient (Wildman–Crippen LogP) is 4.83. The molecule has 29 heavy (non-hydrogen) atoms. The van der Waals surface area contributed by atoms with E-state index in [-0.39, 0.29) is 11.7 Å². The van der Waals surface area contributed by atoms with Crippen molar-refractivity contribution < 1.29 is 9.18 Å². The van der Waals surface area contributed by atoms with E-state index < -0.39 is 0 Å². The third-order valence-electron chi connectivity index (χ3n) is 5.17. The third kappa shape index (κ3) is 4.73. The van der Waals surface area contributed by atoms with Crippen LogP contribution in [-0.2, 0) is 11.2 Å². The van der Waals surface area contributed by atoms with Crippen molar-refractivity contribution in [3.05, 3.63) is 53.8 Å². The lowest BCUT2D eigenvalue weighted by Gasteiger charge is -2.34. The Morgan fingerprint density at radius 2 is 1.90 bits per heavy atom. The first kappa shape index (κ1) is 20.2. The van der Waals surface area contributed by atoms with E-state index in [1.807, 2.05) is 4.90 Å². The second-order valence-electron chi connectivity index (χ2n) is 7.03. The lowest BCUT2D eigenvalue weighted by atomic mass is 10.1. The molecule has 0 saturated carbocycles. The summed E-state index contributed by atoms with van der Waals surface area (Å²) in [4.78, 5) is 22.6. The van der Waals surface area contributed by atoms with E-state index in [9.17, 15) is 9.18 Å². The van der Waals surface area contributed by atoms with Crippen LogP contribution in [0.5, 0.6) is 0 Å². The van der Waals surface area contributed by atoms with Crippen molar-refractivity contribution in [3.63, 3.8) is 0 Å². The first-order chi connectivity index (χ1) is 14.1. The number of hydrogen-bond donors (Lipinski definition) is 0. The molecule has 1 aromatic heterocycles. The highest BCUT2D eigenvalue weighted by molar-refractivity contribution is 7.99. The molecular weight excluding hydrogens is 405 g/mol. The number of nitrogens with zero attached hydrogens (tertiary/aromatic N) is 3. The first-order valence-corrected chi connectivity index (χ1v) is 11.7. The van der Waals surface area contributed by atoms with Crippen molar-refractivity contribution in [3.8, 4) is 0 Å². The zero-order valence-corrected chi connectivity index (χ0v) is 18.1. The van der Waals surface area contributed by atoms with Crippen molar-refractivity contribution in [1.82, 2.24) is 9.88 Å². The standard InChI is InChI=1S/C22H24FN3OS2/c1-2-16-4-3-5-19-21(16)24-22(29-19)26-13-11-25(12-14-26)20(27)10-15-28-18-8-6-17(23)7-9-18/h3-9H,2,10-15H2,1H3. The molecule has 0 spiro atoms. The summed E-state index contributed by atoms with van der Waals surface area (Å²) >= 11 is 3.33. The minimum atomic E-state index is -0.234. The highest BCUT2D eigenvalue weighted by Gasteiger charge is 2.23. The average molecular weight is 430 g/mol. The van der Waals surface area contributed by atoms with E-state index in [0.717, 1.165) is 48.1 Å². The molecule has 0 bridgehead atoms. The first-order valence-electron chi connectivity index (χ1n) is 9.93. The molecule has 2 heterocycles. The molecule has 0 aliphatic carbocycles. The second-order valence-corrected chi connectivity index (χ2v) is 9.21. The number of thiazole rings is 1. The lowest BCUT2D eigenvalue weighted by Crippen LogP contribution is -2.48. The Balaban J connectivity index is 1.28. The van der Waals surface area contributed by atoms with Crippen molar-refractivity contribution >= 4 is 44.4 Å². The molecule has 1 fully saturated rings. The monoisotopic (exact) mass is 429 g/mol. The van der Waals surface area contributed by atoms with Crippen molar-refractivity contribution in [2.24, 2.45) is 0 Å². The Hall–Kier alpha value is -2.12. The Kier molecular flexibility index (Phi) is 6.35. The Bertz CT molecular complexity index is 981. The number of fused-ring (bicyclic) bond motifs is 1. The molecule has 4 nitrogen and oxygen atoms in total. The second kappa shape index (κ2) is 9.13. The normalized spacial score (nSPS) is 14.6. The summed E-state index contributed by atoms with van der Waals surface area (Å²) in [6, 6.07) is 12.8. The molecule has 0 radical (unpaired) electrons. The fourth-order valence-electron chi connectivity index (χ4n) is 3.51. The SMILES string of the molecule is CCc1cccc2sc(N3CCN(C(=O)CCSc4ccc(F)cc4)CC3)nc12. The van der Waals surface area contributed by atoms with Crippen LogP contribution >= 0.6 is 23.1 Å². The maximum Gasteiger partial charge on any atom is 0.223 e. The van der Waals surface area contributed by atoms with Gasteiger partial charge in [0.15, 0.2) is 5.13 Å². The van der Waals surface area contributed by atoms with Gasteiger partial charge < -0.3 is 9.80 Å². The Morgan fingerprint density at radius 3 is 2.62 bits per heavy atom. The van der Waals surface area contributed by atoms with Crippen LogP contribution in [0.15, 0.2) is 47.4 Å². The van der Waals surface area contributed by atoms with E-state index in [0.29, 0.717) is 12.2 Å². The van der Waals surface area contributed by atoms with Gasteiger partial charge in [0.1, 0.15) is 5.82 Å². The van der Waals surface area contributed by atoms with E-state index >= 15 is 0 Å². The van der Waals surface area contributed by atoms with Crippen LogP contribution in [0.3, 0.4) is 0 Å². The number of benzene rings is 2. The van der Waals surface area contributed by atoms with Crippen LogP contribution < -0.4 is 4.90 Å². The molecule has 2 aromatic carbocycles. The molecule has 1 aliphatic heterocycles. The Labute approximate surface area is 178 Å². The van der Waals surface area contributed by atoms with Gasteiger partial charge in [0.25, 0.3) is 0 Å². The van der Waals surface area contributed by atoms with Gasteiger partial charge in [-0.25, -0.2) is 9.37 Å². The Morgan fingerprint density at radius 1 is 1.14 bits per heavy atom. The number of thioether (sulfide) groups is 1. The maximum absolute atomic E-state index is 13.0. The number of carbonyl (C=O) groups excluding carboxylic acids is 1. The molecule has 1 saturated heterocycles. The number of rotatable bonds is 6. The van der Waals surface area contributed by atoms with Gasteiger partial charge >= 0.3 is 0 Å². The number of halogens is 1. The molecule has 4 rings (SSSR count). The van der Waals surface area contributed by atoms with E-state index in [4.69, 9.17) is 4.98 Å². The number of amides is 1. The summed E-state index contributed by atoms with van der Waals surface area (Å²) in [6.07, 6.45) is 1.49. The third-order valence-corrected chi connectivity index (χ3v) is 7.27. The molecule has 1 aliphatic rings. The zero-order chi connectivity index (χ0) is 20.2. The minimum Gasteiger partial charge on any atom is -0.345 e. The van der Waals surface area contributed by atoms with Crippen LogP contribution in [0, 0.1) is 5.82 Å².